The molecular formula is C14H18N2O3S. The number of thiazole rings is 1. The molecule has 2 heterocycles. The van der Waals surface area contributed by atoms with Gasteiger partial charge < -0.3 is 14.4 Å². The van der Waals surface area contributed by atoms with Gasteiger partial charge in [-0.2, -0.15) is 0 Å². The van der Waals surface area contributed by atoms with Gasteiger partial charge in [0.1, 0.15) is 0 Å². The highest BCUT2D eigenvalue weighted by Gasteiger charge is 2.18. The fraction of sp³-hybridized carbons (Fsp3) is 0.429. The average Bonchev–Trinajstić information content (AvgIpc) is 2.95. The Morgan fingerprint density at radius 2 is 2.25 bits per heavy atom. The number of aromatic nitrogens is 2. The number of carbonyl (C=O) groups is 1. The Balaban J connectivity index is 2.42. The van der Waals surface area contributed by atoms with Crippen molar-refractivity contribution in [3.05, 3.63) is 27.7 Å². The summed E-state index contributed by atoms with van der Waals surface area (Å²) in [7, 11) is 1.66. The van der Waals surface area contributed by atoms with Gasteiger partial charge in [0.25, 0.3) is 0 Å². The summed E-state index contributed by atoms with van der Waals surface area (Å²) in [4.78, 5) is 15.8. The monoisotopic (exact) mass is 294 g/mol. The first-order valence-electron chi connectivity index (χ1n) is 6.39. The van der Waals surface area contributed by atoms with E-state index in [-0.39, 0.29) is 0 Å². The summed E-state index contributed by atoms with van der Waals surface area (Å²) in [6.45, 7) is 5.14. The van der Waals surface area contributed by atoms with Crippen LogP contribution in [-0.2, 0) is 11.3 Å². The highest BCUT2D eigenvalue weighted by molar-refractivity contribution is 7.09. The number of rotatable bonds is 6. The maximum atomic E-state index is 11.3. The van der Waals surface area contributed by atoms with Gasteiger partial charge in [0.05, 0.1) is 22.0 Å². The normalized spacial score (nSPS) is 10.9. The zero-order valence-electron chi connectivity index (χ0n) is 11.8. The molecule has 0 spiro atoms. The molecule has 0 atom stereocenters. The predicted octanol–water partition coefficient (Wildman–Crippen LogP) is 2.96. The van der Waals surface area contributed by atoms with E-state index in [0.717, 1.165) is 35.1 Å². The van der Waals surface area contributed by atoms with Crippen LogP contribution in [0.15, 0.2) is 11.4 Å². The number of hydrogen-bond acceptors (Lipinski definition) is 4. The maximum absolute atomic E-state index is 11.3. The minimum Gasteiger partial charge on any atom is -0.478 e. The van der Waals surface area contributed by atoms with Crippen LogP contribution in [0.3, 0.4) is 0 Å². The molecule has 0 aliphatic rings. The summed E-state index contributed by atoms with van der Waals surface area (Å²) in [5.74, 6) is -0.902. The molecular weight excluding hydrogens is 276 g/mol. The molecule has 108 valence electrons. The van der Waals surface area contributed by atoms with Crippen molar-refractivity contribution in [2.45, 2.75) is 26.8 Å². The molecule has 0 aliphatic heterocycles. The van der Waals surface area contributed by atoms with Crippen LogP contribution in [0, 0.1) is 13.8 Å². The van der Waals surface area contributed by atoms with E-state index in [1.54, 1.807) is 24.5 Å². The van der Waals surface area contributed by atoms with Crippen molar-refractivity contribution in [2.24, 2.45) is 0 Å². The van der Waals surface area contributed by atoms with E-state index >= 15 is 0 Å². The van der Waals surface area contributed by atoms with Gasteiger partial charge >= 0.3 is 5.97 Å². The third-order valence-corrected chi connectivity index (χ3v) is 3.98. The number of carboxylic acids is 1. The van der Waals surface area contributed by atoms with E-state index < -0.39 is 5.97 Å². The average molecular weight is 294 g/mol. The Morgan fingerprint density at radius 1 is 1.50 bits per heavy atom. The number of aryl methyl sites for hydroxylation is 1. The molecule has 0 amide bonds. The van der Waals surface area contributed by atoms with Gasteiger partial charge in [-0.25, -0.2) is 9.78 Å². The Kier molecular flexibility index (Phi) is 4.57. The van der Waals surface area contributed by atoms with Crippen LogP contribution in [0.2, 0.25) is 0 Å². The van der Waals surface area contributed by atoms with Crippen LogP contribution in [0.4, 0.5) is 0 Å². The van der Waals surface area contributed by atoms with Crippen LogP contribution >= 0.6 is 11.3 Å². The van der Waals surface area contributed by atoms with Gasteiger partial charge in [0.2, 0.25) is 0 Å². The predicted molar refractivity (Wildman–Crippen MR) is 78.5 cm³/mol. The van der Waals surface area contributed by atoms with E-state index in [1.165, 1.54) is 0 Å². The molecule has 0 aliphatic carbocycles. The van der Waals surface area contributed by atoms with Crippen LogP contribution in [0.25, 0.3) is 11.4 Å². The van der Waals surface area contributed by atoms with E-state index in [2.05, 4.69) is 4.98 Å². The van der Waals surface area contributed by atoms with E-state index in [9.17, 15) is 9.90 Å². The molecule has 0 saturated carbocycles. The molecule has 2 aromatic heterocycles. The first-order chi connectivity index (χ1) is 9.54. The molecule has 2 rings (SSSR count). The second kappa shape index (κ2) is 6.19. The smallest absolute Gasteiger partial charge is 0.337 e. The number of carboxylic acid groups (broad SMARTS) is 1. The lowest BCUT2D eigenvalue weighted by Gasteiger charge is -2.10. The summed E-state index contributed by atoms with van der Waals surface area (Å²) < 4.78 is 7.08. The molecule has 5 nitrogen and oxygen atoms in total. The van der Waals surface area contributed by atoms with Gasteiger partial charge in [-0.1, -0.05) is 0 Å². The topological polar surface area (TPSA) is 64.4 Å². The van der Waals surface area contributed by atoms with E-state index in [4.69, 9.17) is 4.74 Å². The number of hydrogen-bond donors (Lipinski definition) is 1. The quantitative estimate of drug-likeness (QED) is 0.832. The van der Waals surface area contributed by atoms with Crippen molar-refractivity contribution in [3.63, 3.8) is 0 Å². The van der Waals surface area contributed by atoms with Crippen LogP contribution in [0.1, 0.15) is 27.5 Å². The summed E-state index contributed by atoms with van der Waals surface area (Å²) >= 11 is 1.56. The zero-order chi connectivity index (χ0) is 14.7. The van der Waals surface area contributed by atoms with E-state index in [0.29, 0.717) is 12.2 Å². The fourth-order valence-electron chi connectivity index (χ4n) is 2.21. The lowest BCUT2D eigenvalue weighted by molar-refractivity contribution is 0.0696. The van der Waals surface area contributed by atoms with Crippen LogP contribution < -0.4 is 0 Å². The molecule has 6 heteroatoms. The third-order valence-electron chi connectivity index (χ3n) is 3.21. The zero-order valence-corrected chi connectivity index (χ0v) is 12.7. The van der Waals surface area contributed by atoms with Crippen molar-refractivity contribution in [3.8, 4) is 11.4 Å². The van der Waals surface area contributed by atoms with Crippen LogP contribution in [-0.4, -0.2) is 34.3 Å². The van der Waals surface area contributed by atoms with Crippen molar-refractivity contribution in [1.29, 1.82) is 0 Å². The molecule has 0 bridgehead atoms. The standard InChI is InChI=1S/C14H18N2O3S/c1-9-11(14(17)18)7-13(12-8-20-10(2)15-12)16(9)5-4-6-19-3/h7-8H,4-6H2,1-3H3,(H,17,18). The summed E-state index contributed by atoms with van der Waals surface area (Å²) in [5, 5.41) is 12.2. The molecule has 0 radical (unpaired) electrons. The van der Waals surface area contributed by atoms with Gasteiger partial charge in [0, 0.05) is 31.3 Å². The largest absolute Gasteiger partial charge is 0.478 e. The lowest BCUT2D eigenvalue weighted by atomic mass is 10.2. The first kappa shape index (κ1) is 14.7. The molecule has 0 saturated heterocycles. The minimum absolute atomic E-state index is 0.336. The number of aromatic carboxylic acids is 1. The Morgan fingerprint density at radius 3 is 2.80 bits per heavy atom. The van der Waals surface area contributed by atoms with Gasteiger partial charge in [-0.3, -0.25) is 0 Å². The van der Waals surface area contributed by atoms with Crippen molar-refractivity contribution >= 4 is 17.3 Å². The second-order valence-electron chi connectivity index (χ2n) is 4.58. The highest BCUT2D eigenvalue weighted by Crippen LogP contribution is 2.27. The minimum atomic E-state index is -0.902. The van der Waals surface area contributed by atoms with Crippen molar-refractivity contribution < 1.29 is 14.6 Å². The van der Waals surface area contributed by atoms with Gasteiger partial charge in [-0.05, 0) is 26.3 Å². The summed E-state index contributed by atoms with van der Waals surface area (Å²) in [6, 6.07) is 1.71. The molecule has 2 aromatic rings. The summed E-state index contributed by atoms with van der Waals surface area (Å²) in [5.41, 5.74) is 2.79. The Hall–Kier alpha value is -1.66. The van der Waals surface area contributed by atoms with Crippen LogP contribution in [0.5, 0.6) is 0 Å². The maximum Gasteiger partial charge on any atom is 0.337 e. The van der Waals surface area contributed by atoms with Gasteiger partial charge in [0.15, 0.2) is 0 Å². The number of nitrogens with zero attached hydrogens (tertiary/aromatic N) is 2. The molecule has 0 fully saturated rings. The number of ether oxygens (including phenoxy) is 1. The highest BCUT2D eigenvalue weighted by atomic mass is 32.1. The first-order valence-corrected chi connectivity index (χ1v) is 7.27. The Bertz CT molecular complexity index is 616. The second-order valence-corrected chi connectivity index (χ2v) is 5.65. The summed E-state index contributed by atoms with van der Waals surface area (Å²) in [6.07, 6.45) is 0.835. The SMILES string of the molecule is COCCCn1c(-c2csc(C)n2)cc(C(=O)O)c1C. The molecule has 0 unspecified atom stereocenters. The molecule has 0 aromatic carbocycles. The van der Waals surface area contributed by atoms with Crippen molar-refractivity contribution in [2.75, 3.05) is 13.7 Å². The van der Waals surface area contributed by atoms with Crippen molar-refractivity contribution in [1.82, 2.24) is 9.55 Å². The Labute approximate surface area is 121 Å². The lowest BCUT2D eigenvalue weighted by Crippen LogP contribution is -2.06. The molecule has 1 N–H and O–H groups in total. The molecule has 20 heavy (non-hydrogen) atoms. The third kappa shape index (κ3) is 2.91. The number of methoxy groups -OCH3 is 1. The fourth-order valence-corrected chi connectivity index (χ4v) is 2.82. The van der Waals surface area contributed by atoms with E-state index in [1.807, 2.05) is 23.8 Å². The van der Waals surface area contributed by atoms with Gasteiger partial charge in [-0.15, -0.1) is 11.3 Å².